The molecule has 23 heavy (non-hydrogen) atoms. The van der Waals surface area contributed by atoms with Gasteiger partial charge in [-0.05, 0) is 22.9 Å². The van der Waals surface area contributed by atoms with Gasteiger partial charge in [0, 0.05) is 26.7 Å². The van der Waals surface area contributed by atoms with E-state index in [4.69, 9.17) is 14.6 Å². The topological polar surface area (TPSA) is 63.2 Å². The molecule has 3 rings (SSSR count). The molecule has 0 amide bonds. The minimum atomic E-state index is 0. The number of rotatable bonds is 2. The molecule has 1 radical (unpaired) electrons. The summed E-state index contributed by atoms with van der Waals surface area (Å²) in [6, 6.07) is 11.6. The van der Waals surface area contributed by atoms with E-state index in [0.717, 1.165) is 35.7 Å². The van der Waals surface area contributed by atoms with Gasteiger partial charge in [0.2, 0.25) is 0 Å². The number of allylic oxidation sites excluding steroid dienone is 2. The normalized spacial score (nSPS) is 14.0. The van der Waals surface area contributed by atoms with E-state index in [2.05, 4.69) is 23.2 Å². The second-order valence-corrected chi connectivity index (χ2v) is 5.92. The molecule has 2 heterocycles. The Morgan fingerprint density at radius 2 is 2.13 bits per heavy atom. The molecule has 0 saturated carbocycles. The molecular formula is C17H19IrNO3S. The number of ketones is 1. The summed E-state index contributed by atoms with van der Waals surface area (Å²) in [4.78, 5) is 13.8. The van der Waals surface area contributed by atoms with Crippen molar-refractivity contribution < 1.29 is 34.7 Å². The third-order valence-electron chi connectivity index (χ3n) is 2.76. The van der Waals surface area contributed by atoms with Crippen LogP contribution >= 0.6 is 11.3 Å². The van der Waals surface area contributed by atoms with E-state index in [-0.39, 0.29) is 31.6 Å². The largest absolute Gasteiger partial charge is 0.519 e. The first-order valence-corrected chi connectivity index (χ1v) is 7.86. The maximum Gasteiger partial charge on any atom is 0.316 e. The van der Waals surface area contributed by atoms with Gasteiger partial charge in [-0.1, -0.05) is 12.1 Å². The Morgan fingerprint density at radius 3 is 2.65 bits per heavy atom. The van der Waals surface area contributed by atoms with Crippen LogP contribution in [0.5, 0.6) is 0 Å². The van der Waals surface area contributed by atoms with Crippen LogP contribution in [0.4, 0.5) is 0 Å². The van der Waals surface area contributed by atoms with Crippen molar-refractivity contribution in [1.82, 2.24) is 0 Å². The van der Waals surface area contributed by atoms with Gasteiger partial charge in [-0.15, -0.1) is 23.6 Å². The molecule has 0 fully saturated rings. The fourth-order valence-corrected chi connectivity index (χ4v) is 2.88. The Kier molecular flexibility index (Phi) is 8.17. The number of aliphatic hydroxyl groups excluding tert-OH is 1. The van der Waals surface area contributed by atoms with Gasteiger partial charge in [0.05, 0.1) is 25.4 Å². The van der Waals surface area contributed by atoms with Crippen LogP contribution in [0.1, 0.15) is 25.1 Å². The van der Waals surface area contributed by atoms with Gasteiger partial charge in [-0.2, -0.15) is 0 Å². The first-order chi connectivity index (χ1) is 10.6. The first-order valence-electron chi connectivity index (χ1n) is 7.04. The van der Waals surface area contributed by atoms with E-state index in [9.17, 15) is 0 Å². The zero-order valence-corrected chi connectivity index (χ0v) is 16.2. The predicted octanol–water partition coefficient (Wildman–Crippen LogP) is 3.88. The van der Waals surface area contributed by atoms with Crippen LogP contribution in [0.3, 0.4) is 0 Å². The molecule has 6 heteroatoms. The number of fused-ring (bicyclic) bond motifs is 1. The van der Waals surface area contributed by atoms with Gasteiger partial charge in [0.15, 0.2) is 0 Å². The third kappa shape index (κ3) is 6.26. The van der Waals surface area contributed by atoms with E-state index in [1.54, 1.807) is 11.3 Å². The fraction of sp³-hybridized carbons (Fsp3) is 0.294. The first kappa shape index (κ1) is 19.6. The summed E-state index contributed by atoms with van der Waals surface area (Å²) >= 11 is 1.69. The van der Waals surface area contributed by atoms with Crippen LogP contribution in [0.15, 0.2) is 41.1 Å². The maximum atomic E-state index is 8.40. The number of aliphatic hydroxyl groups is 1. The number of hydrogen-bond acceptors (Lipinski definition) is 4. The van der Waals surface area contributed by atoms with Crippen molar-refractivity contribution in [3.63, 3.8) is 0 Å². The number of carbonyl (C=O) groups excluding carboxylic acids is 1. The van der Waals surface area contributed by atoms with Gasteiger partial charge in [0.1, 0.15) is 5.90 Å². The van der Waals surface area contributed by atoms with Crippen LogP contribution in [-0.2, 0) is 24.8 Å². The summed E-state index contributed by atoms with van der Waals surface area (Å²) in [7, 11) is 0. The second-order valence-electron chi connectivity index (χ2n) is 4.87. The molecule has 0 unspecified atom stereocenters. The summed E-state index contributed by atoms with van der Waals surface area (Å²) in [6.45, 7) is 4.65. The van der Waals surface area contributed by atoms with E-state index in [1.807, 2.05) is 12.1 Å². The van der Waals surface area contributed by atoms with Crippen molar-refractivity contribution in [3.8, 4) is 0 Å². The van der Waals surface area contributed by atoms with Gasteiger partial charge in [-0.25, -0.2) is 11.3 Å². The number of thiophene rings is 1. The van der Waals surface area contributed by atoms with Gasteiger partial charge < -0.3 is 9.84 Å². The fourth-order valence-electron chi connectivity index (χ4n) is 1.91. The Morgan fingerprint density at radius 1 is 1.39 bits per heavy atom. The van der Waals surface area contributed by atoms with Gasteiger partial charge >= 0.3 is 5.78 Å². The van der Waals surface area contributed by atoms with Gasteiger partial charge in [0.25, 0.3) is 0 Å². The minimum Gasteiger partial charge on any atom is -0.519 e. The molecule has 0 atom stereocenters. The molecule has 125 valence electrons. The van der Waals surface area contributed by atoms with Crippen LogP contribution in [0, 0.1) is 6.07 Å². The molecule has 1 aliphatic rings. The molecular weight excluding hydrogens is 490 g/mol. The molecule has 2 N–H and O–H groups in total. The summed E-state index contributed by atoms with van der Waals surface area (Å²) < 4.78 is 6.76. The standard InChI is InChI=1S/C12H10NOS.C5H8O2.Ir/c1-2-5-10-9(4-1)8-11(15-10)12-13-6-3-7-14-12;1-4(6)3-5(2)7;/h1-2,4-5H,3,6-7H2;3,6H,1-2H3;/q-1;;/p+1/b;4-3-;. The average molecular weight is 510 g/mol. The number of ether oxygens (including phenoxy) is 1. The number of nitrogens with zero attached hydrogens (tertiary/aromatic N) is 1. The summed E-state index contributed by atoms with van der Waals surface area (Å²) in [5.41, 5.74) is 0. The van der Waals surface area contributed by atoms with Crippen LogP contribution < -0.4 is 0 Å². The van der Waals surface area contributed by atoms with Crippen molar-refractivity contribution in [2.45, 2.75) is 20.3 Å². The monoisotopic (exact) mass is 510 g/mol. The Bertz CT molecular complexity index is 684. The SMILES string of the molecule is CC(=[OH+])/C=C(/C)O.[Ir].[c-]1c(C2=NCCCO2)sc2ccccc12. The zero-order chi connectivity index (χ0) is 15.9. The number of aliphatic imine (C=N–C) groups is 1. The molecule has 1 aromatic heterocycles. The van der Waals surface area contributed by atoms with E-state index >= 15 is 0 Å². The van der Waals surface area contributed by atoms with Crippen molar-refractivity contribution in [3.05, 3.63) is 47.0 Å². The van der Waals surface area contributed by atoms with E-state index < -0.39 is 0 Å². The molecule has 1 aromatic carbocycles. The third-order valence-corrected chi connectivity index (χ3v) is 3.81. The number of benzene rings is 1. The van der Waals surface area contributed by atoms with Crippen molar-refractivity contribution in [2.24, 2.45) is 4.99 Å². The smallest absolute Gasteiger partial charge is 0.316 e. The maximum absolute atomic E-state index is 8.40. The summed E-state index contributed by atoms with van der Waals surface area (Å²) in [6.07, 6.45) is 2.30. The molecule has 2 aromatic rings. The minimum absolute atomic E-state index is 0. The Balaban J connectivity index is 0.000000287. The Hall–Kier alpha value is -1.49. The molecule has 0 saturated heterocycles. The van der Waals surface area contributed by atoms with E-state index in [0.29, 0.717) is 0 Å². The molecule has 0 spiro atoms. The van der Waals surface area contributed by atoms with Crippen LogP contribution in [0.2, 0.25) is 0 Å². The van der Waals surface area contributed by atoms with Gasteiger partial charge in [-0.3, -0.25) is 9.79 Å². The van der Waals surface area contributed by atoms with Crippen molar-refractivity contribution in [2.75, 3.05) is 13.2 Å². The Labute approximate surface area is 153 Å². The molecule has 1 aliphatic heterocycles. The van der Waals surface area contributed by atoms with Crippen molar-refractivity contribution >= 4 is 33.1 Å². The molecule has 4 nitrogen and oxygen atoms in total. The molecule has 0 aliphatic carbocycles. The van der Waals surface area contributed by atoms with Crippen LogP contribution in [-0.4, -0.2) is 34.7 Å². The molecule has 0 bridgehead atoms. The summed E-state index contributed by atoms with van der Waals surface area (Å²) in [5.74, 6) is 1.02. The second kappa shape index (κ2) is 9.60. The van der Waals surface area contributed by atoms with Crippen LogP contribution in [0.25, 0.3) is 10.1 Å². The van der Waals surface area contributed by atoms with E-state index in [1.165, 1.54) is 24.6 Å². The summed E-state index contributed by atoms with van der Waals surface area (Å²) in [5, 5.41) is 9.55. The zero-order valence-electron chi connectivity index (χ0n) is 13.0. The van der Waals surface area contributed by atoms with Crippen molar-refractivity contribution in [1.29, 1.82) is 0 Å². The number of hydrogen-bond donors (Lipinski definition) is 1. The predicted molar refractivity (Wildman–Crippen MR) is 91.6 cm³/mol. The average Bonchev–Trinajstić information content (AvgIpc) is 2.91. The quantitative estimate of drug-likeness (QED) is 0.289.